The molecule has 2 rings (SSSR count). The lowest BCUT2D eigenvalue weighted by atomic mass is 10.1. The van der Waals surface area contributed by atoms with Gasteiger partial charge >= 0.3 is 5.69 Å². The highest BCUT2D eigenvalue weighted by atomic mass is 79.9. The van der Waals surface area contributed by atoms with Crippen LogP contribution in [-0.4, -0.2) is 9.91 Å². The second-order valence-electron chi connectivity index (χ2n) is 4.50. The van der Waals surface area contributed by atoms with E-state index in [2.05, 4.69) is 26.2 Å². The van der Waals surface area contributed by atoms with Gasteiger partial charge in [-0.05, 0) is 37.6 Å². The monoisotopic (exact) mass is 335 g/mol. The third-order valence-electron chi connectivity index (χ3n) is 3.03. The third kappa shape index (κ3) is 3.14. The van der Waals surface area contributed by atoms with Crippen molar-refractivity contribution in [2.24, 2.45) is 0 Å². The van der Waals surface area contributed by atoms with Crippen LogP contribution in [0.1, 0.15) is 24.1 Å². The predicted molar refractivity (Wildman–Crippen MR) is 81.8 cm³/mol. The fraction of sp³-hybridized carbons (Fsp3) is 0.214. The zero-order valence-electron chi connectivity index (χ0n) is 11.1. The van der Waals surface area contributed by atoms with Crippen LogP contribution >= 0.6 is 15.9 Å². The minimum atomic E-state index is -0.404. The summed E-state index contributed by atoms with van der Waals surface area (Å²) < 4.78 is 0.994. The topological polar surface area (TPSA) is 68.1 Å². The predicted octanol–water partition coefficient (Wildman–Crippen LogP) is 4.23. The van der Waals surface area contributed by atoms with Gasteiger partial charge in [0.25, 0.3) is 0 Å². The summed E-state index contributed by atoms with van der Waals surface area (Å²) in [7, 11) is 0. The number of rotatable bonds is 4. The lowest BCUT2D eigenvalue weighted by Gasteiger charge is -2.15. The first kappa shape index (κ1) is 14.5. The summed E-state index contributed by atoms with van der Waals surface area (Å²) in [4.78, 5) is 14.8. The van der Waals surface area contributed by atoms with E-state index in [9.17, 15) is 10.1 Å². The molecule has 1 aromatic heterocycles. The number of anilines is 1. The van der Waals surface area contributed by atoms with Crippen LogP contribution in [0.2, 0.25) is 0 Å². The highest BCUT2D eigenvalue weighted by Crippen LogP contribution is 2.29. The van der Waals surface area contributed by atoms with Crippen LogP contribution in [0.3, 0.4) is 0 Å². The van der Waals surface area contributed by atoms with Crippen molar-refractivity contribution in [3.63, 3.8) is 0 Å². The smallest absolute Gasteiger partial charge is 0.314 e. The molecule has 1 aromatic carbocycles. The molecule has 6 heteroatoms. The van der Waals surface area contributed by atoms with E-state index in [1.165, 1.54) is 0 Å². The number of nitrogens with one attached hydrogen (secondary N) is 1. The van der Waals surface area contributed by atoms with Gasteiger partial charge in [0.05, 0.1) is 11.0 Å². The average Bonchev–Trinajstić information content (AvgIpc) is 2.39. The molecule has 20 heavy (non-hydrogen) atoms. The Bertz CT molecular complexity index is 629. The van der Waals surface area contributed by atoms with Crippen molar-refractivity contribution in [1.29, 1.82) is 0 Å². The number of hydrogen-bond donors (Lipinski definition) is 1. The molecule has 1 N–H and O–H groups in total. The van der Waals surface area contributed by atoms with E-state index in [0.717, 1.165) is 10.0 Å². The van der Waals surface area contributed by atoms with Gasteiger partial charge in [0.2, 0.25) is 5.82 Å². The number of aryl methyl sites for hydroxylation is 1. The van der Waals surface area contributed by atoms with Crippen molar-refractivity contribution < 1.29 is 4.92 Å². The summed E-state index contributed by atoms with van der Waals surface area (Å²) in [6.45, 7) is 3.65. The number of nitro groups is 1. The molecule has 0 unspecified atom stereocenters. The molecule has 0 amide bonds. The molecule has 0 fully saturated rings. The number of aromatic nitrogens is 1. The van der Waals surface area contributed by atoms with Crippen molar-refractivity contribution in [3.05, 3.63) is 62.2 Å². The van der Waals surface area contributed by atoms with Crippen LogP contribution in [0.5, 0.6) is 0 Å². The highest BCUT2D eigenvalue weighted by molar-refractivity contribution is 9.10. The first-order valence-electron chi connectivity index (χ1n) is 6.11. The molecule has 5 nitrogen and oxygen atoms in total. The molecule has 0 radical (unpaired) electrons. The summed E-state index contributed by atoms with van der Waals surface area (Å²) in [5.41, 5.74) is 1.65. The van der Waals surface area contributed by atoms with Crippen molar-refractivity contribution in [2.45, 2.75) is 19.9 Å². The molecule has 0 aliphatic carbocycles. The molecule has 0 bridgehead atoms. The van der Waals surface area contributed by atoms with Gasteiger partial charge < -0.3 is 5.32 Å². The normalized spacial score (nSPS) is 11.9. The lowest BCUT2D eigenvalue weighted by molar-refractivity contribution is -0.384. The van der Waals surface area contributed by atoms with Crippen molar-refractivity contribution in [3.8, 4) is 0 Å². The zero-order valence-corrected chi connectivity index (χ0v) is 12.7. The van der Waals surface area contributed by atoms with Gasteiger partial charge in [-0.3, -0.25) is 10.1 Å². The Balaban J connectivity index is 2.28. The molecule has 104 valence electrons. The molecule has 1 heterocycles. The van der Waals surface area contributed by atoms with Crippen molar-refractivity contribution in [2.75, 3.05) is 5.32 Å². The molecular formula is C14H14BrN3O2. The van der Waals surface area contributed by atoms with E-state index < -0.39 is 4.92 Å². The standard InChI is InChI=1S/C14H14BrN3O2/c1-9-7-8-16-14(13(9)18(19)20)17-10(2)11-3-5-12(15)6-4-11/h3-8,10H,1-2H3,(H,16,17)/t10-/m1/s1. The molecule has 2 aromatic rings. The fourth-order valence-corrected chi connectivity index (χ4v) is 2.19. The van der Waals surface area contributed by atoms with E-state index in [1.54, 1.807) is 19.2 Å². The Morgan fingerprint density at radius 3 is 2.55 bits per heavy atom. The maximum atomic E-state index is 11.1. The number of hydrogen-bond acceptors (Lipinski definition) is 4. The third-order valence-corrected chi connectivity index (χ3v) is 3.56. The molecular weight excluding hydrogens is 322 g/mol. The molecule has 0 saturated carbocycles. The Hall–Kier alpha value is -1.95. The quantitative estimate of drug-likeness (QED) is 0.670. The van der Waals surface area contributed by atoms with E-state index >= 15 is 0 Å². The van der Waals surface area contributed by atoms with Gasteiger partial charge in [-0.15, -0.1) is 0 Å². The minimum absolute atomic E-state index is 0.0245. The van der Waals surface area contributed by atoms with E-state index in [0.29, 0.717) is 11.4 Å². The molecule has 0 aliphatic rings. The van der Waals surface area contributed by atoms with Crippen LogP contribution in [0.4, 0.5) is 11.5 Å². The Labute approximate surface area is 125 Å². The van der Waals surface area contributed by atoms with Crippen LogP contribution in [0.25, 0.3) is 0 Å². The lowest BCUT2D eigenvalue weighted by Crippen LogP contribution is -2.10. The van der Waals surface area contributed by atoms with Crippen LogP contribution in [0, 0.1) is 17.0 Å². The van der Waals surface area contributed by atoms with Crippen LogP contribution in [-0.2, 0) is 0 Å². The molecule has 1 atom stereocenters. The molecule has 0 spiro atoms. The van der Waals surface area contributed by atoms with Gasteiger partial charge in [-0.25, -0.2) is 4.98 Å². The van der Waals surface area contributed by atoms with Crippen molar-refractivity contribution in [1.82, 2.24) is 4.98 Å². The minimum Gasteiger partial charge on any atom is -0.358 e. The van der Waals surface area contributed by atoms with Crippen molar-refractivity contribution >= 4 is 27.4 Å². The summed E-state index contributed by atoms with van der Waals surface area (Å²) in [6.07, 6.45) is 1.57. The SMILES string of the molecule is Cc1ccnc(N[C@H](C)c2ccc(Br)cc2)c1[N+](=O)[O-]. The summed E-state index contributed by atoms with van der Waals surface area (Å²) in [6, 6.07) is 9.36. The first-order chi connectivity index (χ1) is 9.49. The number of halogens is 1. The van der Waals surface area contributed by atoms with Gasteiger partial charge in [0.15, 0.2) is 0 Å². The Morgan fingerprint density at radius 2 is 1.95 bits per heavy atom. The van der Waals surface area contributed by atoms with Gasteiger partial charge in [0.1, 0.15) is 0 Å². The number of pyridine rings is 1. The van der Waals surface area contributed by atoms with E-state index in [4.69, 9.17) is 0 Å². The highest BCUT2D eigenvalue weighted by Gasteiger charge is 2.20. The number of benzene rings is 1. The van der Waals surface area contributed by atoms with Gasteiger partial charge in [0, 0.05) is 16.2 Å². The summed E-state index contributed by atoms with van der Waals surface area (Å²) in [5, 5.41) is 14.2. The summed E-state index contributed by atoms with van der Waals surface area (Å²) in [5.74, 6) is 0.297. The Kier molecular flexibility index (Phi) is 4.34. The largest absolute Gasteiger partial charge is 0.358 e. The zero-order chi connectivity index (χ0) is 14.7. The molecule has 0 aliphatic heterocycles. The Morgan fingerprint density at radius 1 is 1.30 bits per heavy atom. The maximum absolute atomic E-state index is 11.1. The second-order valence-corrected chi connectivity index (χ2v) is 5.42. The van der Waals surface area contributed by atoms with Gasteiger partial charge in [-0.1, -0.05) is 28.1 Å². The first-order valence-corrected chi connectivity index (χ1v) is 6.90. The second kappa shape index (κ2) is 6.00. The maximum Gasteiger partial charge on any atom is 0.314 e. The van der Waals surface area contributed by atoms with Crippen LogP contribution < -0.4 is 5.32 Å². The number of nitrogens with zero attached hydrogens (tertiary/aromatic N) is 2. The van der Waals surface area contributed by atoms with Gasteiger partial charge in [-0.2, -0.15) is 0 Å². The molecule has 0 saturated heterocycles. The average molecular weight is 336 g/mol. The van der Waals surface area contributed by atoms with E-state index in [-0.39, 0.29) is 11.7 Å². The van der Waals surface area contributed by atoms with Crippen LogP contribution in [0.15, 0.2) is 41.0 Å². The summed E-state index contributed by atoms with van der Waals surface area (Å²) >= 11 is 3.38. The van der Waals surface area contributed by atoms with E-state index in [1.807, 2.05) is 31.2 Å². The fourth-order valence-electron chi connectivity index (χ4n) is 1.93.